The van der Waals surface area contributed by atoms with Crippen LogP contribution in [0, 0.1) is 17.0 Å². The zero-order valence-corrected chi connectivity index (χ0v) is 14.1. The van der Waals surface area contributed by atoms with Crippen LogP contribution in [0.2, 0.25) is 0 Å². The van der Waals surface area contributed by atoms with Crippen molar-refractivity contribution in [3.05, 3.63) is 69.3 Å². The Morgan fingerprint density at radius 1 is 1.28 bits per heavy atom. The van der Waals surface area contributed by atoms with Gasteiger partial charge in [0.15, 0.2) is 0 Å². The summed E-state index contributed by atoms with van der Waals surface area (Å²) < 4.78 is 5.49. The van der Waals surface area contributed by atoms with Gasteiger partial charge in [-0.25, -0.2) is 5.43 Å². The molecule has 0 aliphatic heterocycles. The number of nitrogens with zero attached hydrogens (tertiary/aromatic N) is 2. The first-order valence-electron chi connectivity index (χ1n) is 7.82. The van der Waals surface area contributed by atoms with Crippen molar-refractivity contribution in [1.82, 2.24) is 5.43 Å². The van der Waals surface area contributed by atoms with E-state index in [1.165, 1.54) is 24.4 Å². The first-order chi connectivity index (χ1) is 12.0. The van der Waals surface area contributed by atoms with E-state index in [4.69, 9.17) is 4.74 Å². The quantitative estimate of drug-likeness (QED) is 0.474. The molecule has 0 radical (unpaired) electrons. The normalized spacial score (nSPS) is 10.6. The zero-order chi connectivity index (χ0) is 18.2. The molecule has 0 atom stereocenters. The lowest BCUT2D eigenvalue weighted by molar-refractivity contribution is -0.385. The Labute approximate surface area is 145 Å². The van der Waals surface area contributed by atoms with Crippen molar-refractivity contribution in [2.75, 3.05) is 6.61 Å². The molecule has 25 heavy (non-hydrogen) atoms. The van der Waals surface area contributed by atoms with Crippen LogP contribution in [0.15, 0.2) is 47.6 Å². The van der Waals surface area contributed by atoms with E-state index in [9.17, 15) is 14.9 Å². The number of hydrazone groups is 1. The molecule has 0 heterocycles. The third-order valence-corrected chi connectivity index (χ3v) is 3.39. The molecule has 7 heteroatoms. The van der Waals surface area contributed by atoms with Crippen molar-refractivity contribution < 1.29 is 14.5 Å². The van der Waals surface area contributed by atoms with Crippen molar-refractivity contribution in [3.8, 4) is 5.75 Å². The highest BCUT2D eigenvalue weighted by molar-refractivity contribution is 5.95. The minimum absolute atomic E-state index is 0.0227. The minimum Gasteiger partial charge on any atom is -0.494 e. The summed E-state index contributed by atoms with van der Waals surface area (Å²) in [6.07, 6.45) is 2.46. The molecule has 2 aromatic carbocycles. The minimum atomic E-state index is -0.483. The lowest BCUT2D eigenvalue weighted by atomic mass is 10.1. The second kappa shape index (κ2) is 8.58. The molecule has 1 amide bonds. The van der Waals surface area contributed by atoms with Gasteiger partial charge in [-0.15, -0.1) is 0 Å². The summed E-state index contributed by atoms with van der Waals surface area (Å²) in [6.45, 7) is 4.29. The largest absolute Gasteiger partial charge is 0.494 e. The zero-order valence-electron chi connectivity index (χ0n) is 14.1. The SMILES string of the molecule is CCCOc1ccc(/C=N/NC(=O)c2ccc([N+](=O)[O-])c(C)c2)cc1. The maximum absolute atomic E-state index is 12.0. The predicted octanol–water partition coefficient (Wildman–Crippen LogP) is 3.46. The molecule has 7 nitrogen and oxygen atoms in total. The highest BCUT2D eigenvalue weighted by atomic mass is 16.6. The van der Waals surface area contributed by atoms with E-state index in [0.717, 1.165) is 17.7 Å². The molecule has 130 valence electrons. The number of hydrogen-bond donors (Lipinski definition) is 1. The van der Waals surface area contributed by atoms with Crippen LogP contribution in [-0.4, -0.2) is 23.7 Å². The number of aryl methyl sites for hydroxylation is 1. The summed E-state index contributed by atoms with van der Waals surface area (Å²) >= 11 is 0. The number of nitrogens with one attached hydrogen (secondary N) is 1. The van der Waals surface area contributed by atoms with Gasteiger partial charge in [0, 0.05) is 17.2 Å². The Kier molecular flexibility index (Phi) is 6.22. The van der Waals surface area contributed by atoms with Gasteiger partial charge in [0.05, 0.1) is 17.7 Å². The number of amides is 1. The van der Waals surface area contributed by atoms with Gasteiger partial charge in [-0.3, -0.25) is 14.9 Å². The average Bonchev–Trinajstić information content (AvgIpc) is 2.60. The Bertz CT molecular complexity index is 785. The first kappa shape index (κ1) is 18.1. The predicted molar refractivity (Wildman–Crippen MR) is 95.1 cm³/mol. The van der Waals surface area contributed by atoms with Crippen LogP contribution in [0.1, 0.15) is 34.8 Å². The number of carbonyl (C=O) groups excluding carboxylic acids is 1. The molecule has 1 N–H and O–H groups in total. The molecule has 0 aliphatic rings. The smallest absolute Gasteiger partial charge is 0.272 e. The standard InChI is InChI=1S/C18H19N3O4/c1-3-10-25-16-7-4-14(5-8-16)12-19-20-18(22)15-6-9-17(21(23)24)13(2)11-15/h4-9,11-12H,3,10H2,1-2H3,(H,20,22)/b19-12+. The van der Waals surface area contributed by atoms with Crippen molar-refractivity contribution in [2.45, 2.75) is 20.3 Å². The molecule has 0 saturated heterocycles. The second-order valence-electron chi connectivity index (χ2n) is 5.37. The van der Waals surface area contributed by atoms with E-state index in [0.29, 0.717) is 17.7 Å². The Morgan fingerprint density at radius 3 is 2.60 bits per heavy atom. The molecule has 0 spiro atoms. The summed E-state index contributed by atoms with van der Waals surface area (Å²) in [4.78, 5) is 22.3. The lowest BCUT2D eigenvalue weighted by Crippen LogP contribution is -2.17. The van der Waals surface area contributed by atoms with Crippen LogP contribution < -0.4 is 10.2 Å². The fraction of sp³-hybridized carbons (Fsp3) is 0.222. The van der Waals surface area contributed by atoms with Crippen LogP contribution in [0.5, 0.6) is 5.75 Å². The van der Waals surface area contributed by atoms with Crippen LogP contribution in [0.25, 0.3) is 0 Å². The highest BCUT2D eigenvalue weighted by Crippen LogP contribution is 2.18. The van der Waals surface area contributed by atoms with Gasteiger partial charge in [-0.2, -0.15) is 5.10 Å². The molecule has 0 fully saturated rings. The second-order valence-corrected chi connectivity index (χ2v) is 5.37. The lowest BCUT2D eigenvalue weighted by Gasteiger charge is -2.04. The third kappa shape index (κ3) is 5.13. The van der Waals surface area contributed by atoms with E-state index in [-0.39, 0.29) is 5.69 Å². The Balaban J connectivity index is 1.96. The van der Waals surface area contributed by atoms with Crippen molar-refractivity contribution in [2.24, 2.45) is 5.10 Å². The molecular weight excluding hydrogens is 322 g/mol. The topological polar surface area (TPSA) is 93.8 Å². The summed E-state index contributed by atoms with van der Waals surface area (Å²) in [5.74, 6) is 0.349. The van der Waals surface area contributed by atoms with Gasteiger partial charge >= 0.3 is 0 Å². The molecule has 0 bridgehead atoms. The molecule has 0 unspecified atom stereocenters. The van der Waals surface area contributed by atoms with Crippen molar-refractivity contribution >= 4 is 17.8 Å². The van der Waals surface area contributed by atoms with Crippen LogP contribution in [0.3, 0.4) is 0 Å². The van der Waals surface area contributed by atoms with Gasteiger partial charge in [0.2, 0.25) is 0 Å². The monoisotopic (exact) mass is 341 g/mol. The van der Waals surface area contributed by atoms with E-state index in [1.807, 2.05) is 31.2 Å². The van der Waals surface area contributed by atoms with Gasteiger partial charge in [-0.1, -0.05) is 6.92 Å². The van der Waals surface area contributed by atoms with E-state index < -0.39 is 10.8 Å². The maximum Gasteiger partial charge on any atom is 0.272 e. The average molecular weight is 341 g/mol. The van der Waals surface area contributed by atoms with Gasteiger partial charge < -0.3 is 4.74 Å². The summed E-state index contributed by atoms with van der Waals surface area (Å²) in [5, 5.41) is 14.7. The molecular formula is C18H19N3O4. The summed E-state index contributed by atoms with van der Waals surface area (Å²) in [5.41, 5.74) is 3.92. The summed E-state index contributed by atoms with van der Waals surface area (Å²) in [7, 11) is 0. The Hall–Kier alpha value is -3.22. The van der Waals surface area contributed by atoms with E-state index in [2.05, 4.69) is 10.5 Å². The van der Waals surface area contributed by atoms with Crippen molar-refractivity contribution in [1.29, 1.82) is 0 Å². The van der Waals surface area contributed by atoms with E-state index in [1.54, 1.807) is 6.92 Å². The van der Waals surface area contributed by atoms with Crippen LogP contribution in [-0.2, 0) is 0 Å². The number of hydrogen-bond acceptors (Lipinski definition) is 5. The molecule has 2 aromatic rings. The van der Waals surface area contributed by atoms with E-state index >= 15 is 0 Å². The molecule has 0 saturated carbocycles. The van der Waals surface area contributed by atoms with Crippen molar-refractivity contribution in [3.63, 3.8) is 0 Å². The fourth-order valence-corrected chi connectivity index (χ4v) is 2.10. The number of rotatable bonds is 7. The third-order valence-electron chi connectivity index (χ3n) is 3.39. The van der Waals surface area contributed by atoms with Crippen LogP contribution >= 0.6 is 0 Å². The van der Waals surface area contributed by atoms with Crippen LogP contribution in [0.4, 0.5) is 5.69 Å². The number of benzene rings is 2. The number of ether oxygens (including phenoxy) is 1. The number of nitro benzene ring substituents is 1. The molecule has 2 rings (SSSR count). The fourth-order valence-electron chi connectivity index (χ4n) is 2.10. The summed E-state index contributed by atoms with van der Waals surface area (Å²) in [6, 6.07) is 11.5. The van der Waals surface area contributed by atoms with Gasteiger partial charge in [0.25, 0.3) is 11.6 Å². The molecule has 0 aromatic heterocycles. The number of nitro groups is 1. The molecule has 0 aliphatic carbocycles. The number of carbonyl (C=O) groups is 1. The first-order valence-corrected chi connectivity index (χ1v) is 7.82. The van der Waals surface area contributed by atoms with Gasteiger partial charge in [-0.05, 0) is 55.3 Å². The maximum atomic E-state index is 12.0. The highest BCUT2D eigenvalue weighted by Gasteiger charge is 2.13. The van der Waals surface area contributed by atoms with Gasteiger partial charge in [0.1, 0.15) is 5.75 Å². The Morgan fingerprint density at radius 2 is 2.00 bits per heavy atom.